The van der Waals surface area contributed by atoms with E-state index in [0.29, 0.717) is 0 Å². The molecule has 120 valence electrons. The Balaban J connectivity index is 2.25. The van der Waals surface area contributed by atoms with Crippen molar-refractivity contribution in [1.82, 2.24) is 0 Å². The van der Waals surface area contributed by atoms with Crippen molar-refractivity contribution < 1.29 is 9.53 Å². The highest BCUT2D eigenvalue weighted by Gasteiger charge is 2.25. The van der Waals surface area contributed by atoms with E-state index in [1.807, 2.05) is 18.0 Å². The quantitative estimate of drug-likeness (QED) is 0.500. The second-order valence-corrected chi connectivity index (χ2v) is 8.13. The van der Waals surface area contributed by atoms with Gasteiger partial charge in [0.2, 0.25) is 0 Å². The van der Waals surface area contributed by atoms with Gasteiger partial charge in [-0.05, 0) is 58.9 Å². The normalized spacial score (nSPS) is 13.5. The number of hydrogen-bond donors (Lipinski definition) is 0. The SMILES string of the molecule is COC(=O)c1c(SC)cc(-c2ccc(Br)cc2)c2c1CCSC2. The fourth-order valence-corrected chi connectivity index (χ4v) is 4.85. The molecule has 2 nitrogen and oxygen atoms in total. The van der Waals surface area contributed by atoms with Crippen molar-refractivity contribution in [2.45, 2.75) is 17.1 Å². The Hall–Kier alpha value is -0.910. The van der Waals surface area contributed by atoms with Gasteiger partial charge in [-0.15, -0.1) is 11.8 Å². The van der Waals surface area contributed by atoms with Gasteiger partial charge in [-0.2, -0.15) is 11.8 Å². The minimum atomic E-state index is -0.222. The molecule has 0 saturated carbocycles. The first-order valence-corrected chi connectivity index (χ1v) is 10.5. The van der Waals surface area contributed by atoms with Crippen molar-refractivity contribution in [2.75, 3.05) is 19.1 Å². The zero-order chi connectivity index (χ0) is 16.4. The van der Waals surface area contributed by atoms with E-state index in [0.717, 1.165) is 32.9 Å². The number of rotatable bonds is 3. The van der Waals surface area contributed by atoms with Crippen LogP contribution >= 0.6 is 39.5 Å². The summed E-state index contributed by atoms with van der Waals surface area (Å²) < 4.78 is 6.11. The van der Waals surface area contributed by atoms with E-state index < -0.39 is 0 Å². The molecule has 1 heterocycles. The van der Waals surface area contributed by atoms with Crippen LogP contribution in [0.2, 0.25) is 0 Å². The van der Waals surface area contributed by atoms with Gasteiger partial charge in [0.25, 0.3) is 0 Å². The Labute approximate surface area is 153 Å². The summed E-state index contributed by atoms with van der Waals surface area (Å²) in [5.41, 5.74) is 5.63. The minimum Gasteiger partial charge on any atom is -0.465 e. The van der Waals surface area contributed by atoms with E-state index in [1.54, 1.807) is 11.8 Å². The molecule has 23 heavy (non-hydrogen) atoms. The molecule has 0 aromatic heterocycles. The van der Waals surface area contributed by atoms with E-state index >= 15 is 0 Å². The lowest BCUT2D eigenvalue weighted by molar-refractivity contribution is 0.0595. The fraction of sp³-hybridized carbons (Fsp3) is 0.278. The molecule has 0 atom stereocenters. The molecular weight excluding hydrogens is 392 g/mol. The van der Waals surface area contributed by atoms with Gasteiger partial charge in [-0.3, -0.25) is 0 Å². The van der Waals surface area contributed by atoms with Crippen LogP contribution in [0.15, 0.2) is 39.7 Å². The lowest BCUT2D eigenvalue weighted by Crippen LogP contribution is -2.14. The fourth-order valence-electron chi connectivity index (χ4n) is 2.92. The van der Waals surface area contributed by atoms with Crippen LogP contribution in [0.4, 0.5) is 0 Å². The number of fused-ring (bicyclic) bond motifs is 1. The second kappa shape index (κ2) is 7.32. The molecule has 3 rings (SSSR count). The summed E-state index contributed by atoms with van der Waals surface area (Å²) in [5.74, 6) is 1.77. The molecule has 0 radical (unpaired) electrons. The first-order valence-electron chi connectivity index (χ1n) is 7.30. The smallest absolute Gasteiger partial charge is 0.339 e. The van der Waals surface area contributed by atoms with Gasteiger partial charge in [-0.1, -0.05) is 28.1 Å². The summed E-state index contributed by atoms with van der Waals surface area (Å²) in [6.07, 6.45) is 2.93. The van der Waals surface area contributed by atoms with Gasteiger partial charge in [0.1, 0.15) is 0 Å². The summed E-state index contributed by atoms with van der Waals surface area (Å²) in [4.78, 5) is 13.3. The minimum absolute atomic E-state index is 0.222. The van der Waals surface area contributed by atoms with Crippen molar-refractivity contribution in [3.8, 4) is 11.1 Å². The van der Waals surface area contributed by atoms with Gasteiger partial charge in [-0.25, -0.2) is 4.79 Å². The highest BCUT2D eigenvalue weighted by molar-refractivity contribution is 9.10. The predicted molar refractivity (Wildman–Crippen MR) is 103 cm³/mol. The topological polar surface area (TPSA) is 26.3 Å². The monoisotopic (exact) mass is 408 g/mol. The third-order valence-electron chi connectivity index (χ3n) is 4.02. The number of esters is 1. The number of carbonyl (C=O) groups excluding carboxylic acids is 1. The zero-order valence-electron chi connectivity index (χ0n) is 13.0. The molecule has 0 amide bonds. The molecular formula is C18H17BrO2S2. The summed E-state index contributed by atoms with van der Waals surface area (Å²) in [6, 6.07) is 10.5. The van der Waals surface area contributed by atoms with Gasteiger partial charge >= 0.3 is 5.97 Å². The third-order valence-corrected chi connectivity index (χ3v) is 6.30. The number of ether oxygens (including phenoxy) is 1. The maximum atomic E-state index is 12.3. The number of thioether (sulfide) groups is 2. The number of carbonyl (C=O) groups is 1. The lowest BCUT2D eigenvalue weighted by Gasteiger charge is -2.24. The van der Waals surface area contributed by atoms with Crippen molar-refractivity contribution in [1.29, 1.82) is 0 Å². The summed E-state index contributed by atoms with van der Waals surface area (Å²) in [7, 11) is 1.46. The zero-order valence-corrected chi connectivity index (χ0v) is 16.2. The largest absolute Gasteiger partial charge is 0.465 e. The molecule has 2 aromatic rings. The van der Waals surface area contributed by atoms with Crippen LogP contribution in [0.1, 0.15) is 21.5 Å². The van der Waals surface area contributed by atoms with E-state index in [9.17, 15) is 4.79 Å². The maximum absolute atomic E-state index is 12.3. The van der Waals surface area contributed by atoms with Crippen LogP contribution in [-0.4, -0.2) is 25.1 Å². The van der Waals surface area contributed by atoms with Gasteiger partial charge in [0.15, 0.2) is 0 Å². The van der Waals surface area contributed by atoms with Crippen molar-refractivity contribution in [2.24, 2.45) is 0 Å². The molecule has 1 aliphatic rings. The van der Waals surface area contributed by atoms with Gasteiger partial charge in [0, 0.05) is 15.1 Å². The van der Waals surface area contributed by atoms with Crippen LogP contribution in [0, 0.1) is 0 Å². The average molecular weight is 409 g/mol. The molecule has 2 aromatic carbocycles. The third kappa shape index (κ3) is 3.32. The van der Waals surface area contributed by atoms with Crippen molar-refractivity contribution >= 4 is 45.4 Å². The molecule has 0 N–H and O–H groups in total. The van der Waals surface area contributed by atoms with E-state index in [-0.39, 0.29) is 5.97 Å². The Morgan fingerprint density at radius 3 is 2.65 bits per heavy atom. The Bertz CT molecular complexity index is 742. The van der Waals surface area contributed by atoms with E-state index in [1.165, 1.54) is 29.4 Å². The van der Waals surface area contributed by atoms with Crippen LogP contribution in [0.5, 0.6) is 0 Å². The van der Waals surface area contributed by atoms with Crippen molar-refractivity contribution in [3.63, 3.8) is 0 Å². The molecule has 0 bridgehead atoms. The Morgan fingerprint density at radius 2 is 2.00 bits per heavy atom. The van der Waals surface area contributed by atoms with Crippen LogP contribution in [-0.2, 0) is 16.9 Å². The molecule has 1 aliphatic heterocycles. The highest BCUT2D eigenvalue weighted by atomic mass is 79.9. The molecule has 0 aliphatic carbocycles. The first kappa shape index (κ1) is 16.9. The van der Waals surface area contributed by atoms with Gasteiger partial charge in [0.05, 0.1) is 12.7 Å². The number of methoxy groups -OCH3 is 1. The summed E-state index contributed by atoms with van der Waals surface area (Å²) in [6.45, 7) is 0. The standard InChI is InChI=1S/C18H17BrO2S2/c1-21-18(20)17-13-7-8-23-10-15(13)14(9-16(17)22-2)11-3-5-12(19)6-4-11/h3-6,9H,7-8,10H2,1-2H3. The first-order chi connectivity index (χ1) is 11.2. The van der Waals surface area contributed by atoms with Crippen LogP contribution in [0.25, 0.3) is 11.1 Å². The molecule has 0 saturated heterocycles. The van der Waals surface area contributed by atoms with E-state index in [4.69, 9.17) is 4.74 Å². The predicted octanol–water partition coefficient (Wildman–Crippen LogP) is 5.41. The van der Waals surface area contributed by atoms with Crippen molar-refractivity contribution in [3.05, 3.63) is 51.5 Å². The van der Waals surface area contributed by atoms with Gasteiger partial charge < -0.3 is 4.74 Å². The molecule has 0 fully saturated rings. The molecule has 0 spiro atoms. The second-order valence-electron chi connectivity index (χ2n) is 5.26. The number of hydrogen-bond acceptors (Lipinski definition) is 4. The van der Waals surface area contributed by atoms with Crippen LogP contribution in [0.3, 0.4) is 0 Å². The number of halogens is 1. The molecule has 0 unspecified atom stereocenters. The van der Waals surface area contributed by atoms with E-state index in [2.05, 4.69) is 46.3 Å². The Morgan fingerprint density at radius 1 is 1.26 bits per heavy atom. The summed E-state index contributed by atoms with van der Waals surface area (Å²) >= 11 is 7.02. The lowest BCUT2D eigenvalue weighted by atomic mass is 9.91. The number of benzene rings is 2. The highest BCUT2D eigenvalue weighted by Crippen LogP contribution is 2.40. The Kier molecular flexibility index (Phi) is 5.39. The van der Waals surface area contributed by atoms with Crippen LogP contribution < -0.4 is 0 Å². The summed E-state index contributed by atoms with van der Waals surface area (Å²) in [5, 5.41) is 0. The maximum Gasteiger partial charge on any atom is 0.339 e. The average Bonchev–Trinajstić information content (AvgIpc) is 2.60. The molecule has 5 heteroatoms.